The third kappa shape index (κ3) is 3.51. The molecule has 0 spiro atoms. The van der Waals surface area contributed by atoms with E-state index in [1.165, 1.54) is 5.56 Å². The first-order valence-electron chi connectivity index (χ1n) is 6.73. The standard InChI is InChI=1S/C15H21NO2S/c1-3-8-15(18)10-16(11-15)14(17)9-19-13-7-5-4-6-12(13)2/h4-7,18H,3,8-11H2,1-2H3. The van der Waals surface area contributed by atoms with Crippen LogP contribution in [0.15, 0.2) is 29.2 Å². The maximum atomic E-state index is 12.0. The zero-order chi connectivity index (χ0) is 13.9. The second-order valence-corrected chi connectivity index (χ2v) is 6.30. The SMILES string of the molecule is CCCC1(O)CN(C(=O)CSc2ccccc2C)C1. The summed E-state index contributed by atoms with van der Waals surface area (Å²) in [5, 5.41) is 10.1. The molecule has 1 saturated heterocycles. The Morgan fingerprint density at radius 3 is 2.74 bits per heavy atom. The summed E-state index contributed by atoms with van der Waals surface area (Å²) in [6.07, 6.45) is 1.73. The highest BCUT2D eigenvalue weighted by Crippen LogP contribution is 2.28. The number of aliphatic hydroxyl groups is 1. The lowest BCUT2D eigenvalue weighted by Gasteiger charge is -2.46. The summed E-state index contributed by atoms with van der Waals surface area (Å²) in [6.45, 7) is 5.09. The van der Waals surface area contributed by atoms with E-state index in [0.717, 1.165) is 17.7 Å². The van der Waals surface area contributed by atoms with Crippen LogP contribution in [0.1, 0.15) is 25.3 Å². The van der Waals surface area contributed by atoms with Gasteiger partial charge in [-0.1, -0.05) is 31.5 Å². The maximum Gasteiger partial charge on any atom is 0.233 e. The summed E-state index contributed by atoms with van der Waals surface area (Å²) in [4.78, 5) is 14.9. The lowest BCUT2D eigenvalue weighted by molar-refractivity contribution is -0.153. The Morgan fingerprint density at radius 2 is 2.11 bits per heavy atom. The summed E-state index contributed by atoms with van der Waals surface area (Å²) >= 11 is 1.57. The molecule has 3 nitrogen and oxygen atoms in total. The predicted octanol–water partition coefficient (Wildman–Crippen LogP) is 2.46. The van der Waals surface area contributed by atoms with E-state index in [4.69, 9.17) is 0 Å². The highest BCUT2D eigenvalue weighted by molar-refractivity contribution is 8.00. The summed E-state index contributed by atoms with van der Waals surface area (Å²) < 4.78 is 0. The van der Waals surface area contributed by atoms with E-state index >= 15 is 0 Å². The zero-order valence-electron chi connectivity index (χ0n) is 11.6. The van der Waals surface area contributed by atoms with Crippen molar-refractivity contribution in [1.29, 1.82) is 0 Å². The lowest BCUT2D eigenvalue weighted by Crippen LogP contribution is -2.63. The van der Waals surface area contributed by atoms with Gasteiger partial charge in [-0.05, 0) is 25.0 Å². The van der Waals surface area contributed by atoms with E-state index in [-0.39, 0.29) is 5.91 Å². The number of carbonyl (C=O) groups is 1. The lowest BCUT2D eigenvalue weighted by atomic mass is 9.89. The van der Waals surface area contributed by atoms with Crippen molar-refractivity contribution in [2.24, 2.45) is 0 Å². The number of nitrogens with zero attached hydrogens (tertiary/aromatic N) is 1. The Morgan fingerprint density at radius 1 is 1.42 bits per heavy atom. The molecule has 0 radical (unpaired) electrons. The van der Waals surface area contributed by atoms with Gasteiger partial charge in [-0.25, -0.2) is 0 Å². The molecule has 19 heavy (non-hydrogen) atoms. The number of amides is 1. The van der Waals surface area contributed by atoms with Crippen LogP contribution in [0.2, 0.25) is 0 Å². The first-order chi connectivity index (χ1) is 9.04. The van der Waals surface area contributed by atoms with Crippen molar-refractivity contribution in [1.82, 2.24) is 4.90 Å². The van der Waals surface area contributed by atoms with Crippen molar-refractivity contribution < 1.29 is 9.90 Å². The van der Waals surface area contributed by atoms with Gasteiger partial charge in [0.05, 0.1) is 24.4 Å². The highest BCUT2D eigenvalue weighted by atomic mass is 32.2. The van der Waals surface area contributed by atoms with Gasteiger partial charge in [-0.2, -0.15) is 0 Å². The van der Waals surface area contributed by atoms with Gasteiger partial charge in [0.2, 0.25) is 5.91 Å². The Labute approximate surface area is 119 Å². The van der Waals surface area contributed by atoms with Crippen molar-refractivity contribution in [2.45, 2.75) is 37.2 Å². The fourth-order valence-electron chi connectivity index (χ4n) is 2.41. The Balaban J connectivity index is 1.79. The predicted molar refractivity (Wildman–Crippen MR) is 78.3 cm³/mol. The normalized spacial score (nSPS) is 17.1. The van der Waals surface area contributed by atoms with E-state index in [9.17, 15) is 9.90 Å². The Kier molecular flexibility index (Phi) is 4.53. The number of likely N-dealkylation sites (tertiary alicyclic amines) is 1. The third-order valence-corrected chi connectivity index (χ3v) is 4.64. The van der Waals surface area contributed by atoms with Crippen molar-refractivity contribution in [2.75, 3.05) is 18.8 Å². The van der Waals surface area contributed by atoms with Crippen LogP contribution < -0.4 is 0 Å². The number of β-amino-alcohol motifs (C(OH)–C–C–N with tert-alkyl or cyclic N) is 1. The second kappa shape index (κ2) is 5.97. The van der Waals surface area contributed by atoms with Crippen LogP contribution in [-0.4, -0.2) is 40.4 Å². The number of thioether (sulfide) groups is 1. The minimum Gasteiger partial charge on any atom is -0.386 e. The molecule has 1 aliphatic heterocycles. The van der Waals surface area contributed by atoms with Crippen molar-refractivity contribution in [3.63, 3.8) is 0 Å². The second-order valence-electron chi connectivity index (χ2n) is 5.28. The molecule has 0 aromatic heterocycles. The van der Waals surface area contributed by atoms with Crippen LogP contribution in [0.4, 0.5) is 0 Å². The van der Waals surface area contributed by atoms with E-state index in [1.807, 2.05) is 18.2 Å². The molecule has 1 amide bonds. The van der Waals surface area contributed by atoms with E-state index in [1.54, 1.807) is 16.7 Å². The van der Waals surface area contributed by atoms with Gasteiger partial charge < -0.3 is 10.0 Å². The van der Waals surface area contributed by atoms with Gasteiger partial charge >= 0.3 is 0 Å². The molecule has 1 aliphatic rings. The van der Waals surface area contributed by atoms with Crippen molar-refractivity contribution >= 4 is 17.7 Å². The molecule has 1 heterocycles. The molecule has 1 aromatic carbocycles. The number of rotatable bonds is 5. The van der Waals surface area contributed by atoms with Crippen LogP contribution in [0, 0.1) is 6.92 Å². The molecule has 0 saturated carbocycles. The van der Waals surface area contributed by atoms with Gasteiger partial charge in [0.1, 0.15) is 0 Å². The molecule has 104 valence electrons. The first kappa shape index (κ1) is 14.4. The monoisotopic (exact) mass is 279 g/mol. The average Bonchev–Trinajstić information content (AvgIpc) is 2.35. The minimum atomic E-state index is -0.627. The number of hydrogen-bond acceptors (Lipinski definition) is 3. The number of aryl methyl sites for hydroxylation is 1. The van der Waals surface area contributed by atoms with Gasteiger partial charge in [-0.3, -0.25) is 4.79 Å². The average molecular weight is 279 g/mol. The van der Waals surface area contributed by atoms with Crippen LogP contribution >= 0.6 is 11.8 Å². The van der Waals surface area contributed by atoms with Crippen LogP contribution in [-0.2, 0) is 4.79 Å². The van der Waals surface area contributed by atoms with Crippen molar-refractivity contribution in [3.8, 4) is 0 Å². The molecule has 0 unspecified atom stereocenters. The van der Waals surface area contributed by atoms with E-state index in [0.29, 0.717) is 18.8 Å². The first-order valence-corrected chi connectivity index (χ1v) is 7.71. The summed E-state index contributed by atoms with van der Waals surface area (Å²) in [5.41, 5.74) is 0.573. The third-order valence-electron chi connectivity index (χ3n) is 3.48. The molecule has 0 bridgehead atoms. The highest BCUT2D eigenvalue weighted by Gasteiger charge is 2.42. The van der Waals surface area contributed by atoms with Gasteiger partial charge in [-0.15, -0.1) is 11.8 Å². The quantitative estimate of drug-likeness (QED) is 0.842. The number of carbonyl (C=O) groups excluding carboxylic acids is 1. The fraction of sp³-hybridized carbons (Fsp3) is 0.533. The minimum absolute atomic E-state index is 0.119. The van der Waals surface area contributed by atoms with Gasteiger partial charge in [0.15, 0.2) is 0 Å². The van der Waals surface area contributed by atoms with Crippen molar-refractivity contribution in [3.05, 3.63) is 29.8 Å². The van der Waals surface area contributed by atoms with Crippen LogP contribution in [0.5, 0.6) is 0 Å². The van der Waals surface area contributed by atoms with Crippen LogP contribution in [0.3, 0.4) is 0 Å². The molecule has 1 fully saturated rings. The Hall–Kier alpha value is -1.00. The molecule has 1 aromatic rings. The van der Waals surface area contributed by atoms with Crippen LogP contribution in [0.25, 0.3) is 0 Å². The van der Waals surface area contributed by atoms with Gasteiger partial charge in [0, 0.05) is 4.90 Å². The number of benzene rings is 1. The topological polar surface area (TPSA) is 40.5 Å². The molecule has 2 rings (SSSR count). The summed E-state index contributed by atoms with van der Waals surface area (Å²) in [6, 6.07) is 8.08. The summed E-state index contributed by atoms with van der Waals surface area (Å²) in [5.74, 6) is 0.571. The molecule has 0 aliphatic carbocycles. The fourth-order valence-corrected chi connectivity index (χ4v) is 3.35. The van der Waals surface area contributed by atoms with E-state index < -0.39 is 5.60 Å². The summed E-state index contributed by atoms with van der Waals surface area (Å²) in [7, 11) is 0. The molecular formula is C15H21NO2S. The Bertz CT molecular complexity index is 455. The van der Waals surface area contributed by atoms with E-state index in [2.05, 4.69) is 19.9 Å². The zero-order valence-corrected chi connectivity index (χ0v) is 12.4. The smallest absolute Gasteiger partial charge is 0.233 e. The molecular weight excluding hydrogens is 258 g/mol. The molecule has 0 atom stereocenters. The van der Waals surface area contributed by atoms with Gasteiger partial charge in [0.25, 0.3) is 0 Å². The molecule has 4 heteroatoms. The number of hydrogen-bond donors (Lipinski definition) is 1. The largest absolute Gasteiger partial charge is 0.386 e. The molecule has 1 N–H and O–H groups in total. The maximum absolute atomic E-state index is 12.0.